The topological polar surface area (TPSA) is 37.4 Å². The number of piperidine rings is 1. The molecule has 0 spiro atoms. The van der Waals surface area contributed by atoms with Crippen LogP contribution in [0.1, 0.15) is 41.6 Å². The average Bonchev–Trinajstić information content (AvgIpc) is 2.69. The van der Waals surface area contributed by atoms with Gasteiger partial charge in [0.1, 0.15) is 0 Å². The number of likely N-dealkylation sites (tertiary alicyclic amines) is 1. The van der Waals surface area contributed by atoms with Gasteiger partial charge in [-0.05, 0) is 30.4 Å². The number of allylic oxidation sites excluding steroid dienone is 1. The van der Waals surface area contributed by atoms with Crippen LogP contribution in [0.25, 0.3) is 5.57 Å². The van der Waals surface area contributed by atoms with Crippen LogP contribution in [0, 0.1) is 0 Å². The monoisotopic (exact) mass is 333 g/mol. The van der Waals surface area contributed by atoms with E-state index in [1.54, 1.807) is 6.08 Å². The zero-order valence-corrected chi connectivity index (χ0v) is 14.4. The minimum absolute atomic E-state index is 0.0133. The molecule has 1 aliphatic heterocycles. The van der Waals surface area contributed by atoms with E-state index in [0.717, 1.165) is 37.1 Å². The second-order valence-electron chi connectivity index (χ2n) is 6.39. The number of hydrogen-bond donors (Lipinski definition) is 0. The molecule has 0 radical (unpaired) electrons. The van der Waals surface area contributed by atoms with Crippen LogP contribution in [0.4, 0.5) is 0 Å². The van der Waals surface area contributed by atoms with Crippen LogP contribution in [-0.2, 0) is 4.79 Å². The first kappa shape index (κ1) is 17.2. The molecule has 1 fully saturated rings. The number of rotatable bonds is 5. The van der Waals surface area contributed by atoms with Crippen molar-refractivity contribution < 1.29 is 9.59 Å². The molecule has 0 bridgehead atoms. The van der Waals surface area contributed by atoms with Crippen LogP contribution in [0.3, 0.4) is 0 Å². The van der Waals surface area contributed by atoms with Crippen LogP contribution in [0.2, 0.25) is 0 Å². The van der Waals surface area contributed by atoms with E-state index in [-0.39, 0.29) is 18.1 Å². The molecule has 0 aromatic heterocycles. The lowest BCUT2D eigenvalue weighted by Gasteiger charge is -2.25. The van der Waals surface area contributed by atoms with Crippen molar-refractivity contribution in [3.8, 4) is 0 Å². The first-order chi connectivity index (χ1) is 12.2. The summed E-state index contributed by atoms with van der Waals surface area (Å²) >= 11 is 0. The Balaban J connectivity index is 1.83. The molecule has 0 saturated carbocycles. The predicted octanol–water partition coefficient (Wildman–Crippen LogP) is 4.36. The summed E-state index contributed by atoms with van der Waals surface area (Å²) in [6, 6.07) is 19.0. The van der Waals surface area contributed by atoms with E-state index in [1.165, 1.54) is 6.42 Å². The Hall–Kier alpha value is -2.68. The minimum Gasteiger partial charge on any atom is -0.339 e. The Morgan fingerprint density at radius 1 is 0.800 bits per heavy atom. The Bertz CT molecular complexity index is 744. The maximum Gasteiger partial charge on any atom is 0.246 e. The van der Waals surface area contributed by atoms with Gasteiger partial charge in [-0.2, -0.15) is 0 Å². The van der Waals surface area contributed by atoms with Gasteiger partial charge in [-0.15, -0.1) is 0 Å². The molecular formula is C22H23NO2. The summed E-state index contributed by atoms with van der Waals surface area (Å²) in [5, 5.41) is 0. The molecule has 25 heavy (non-hydrogen) atoms. The summed E-state index contributed by atoms with van der Waals surface area (Å²) < 4.78 is 0. The zero-order valence-electron chi connectivity index (χ0n) is 14.4. The second-order valence-corrected chi connectivity index (χ2v) is 6.39. The lowest BCUT2D eigenvalue weighted by molar-refractivity contribution is -0.126. The van der Waals surface area contributed by atoms with E-state index < -0.39 is 0 Å². The van der Waals surface area contributed by atoms with Crippen LogP contribution in [0.5, 0.6) is 0 Å². The molecule has 0 atom stereocenters. The zero-order chi connectivity index (χ0) is 17.5. The molecule has 1 saturated heterocycles. The van der Waals surface area contributed by atoms with E-state index in [1.807, 2.05) is 65.6 Å². The number of carbonyl (C=O) groups excluding carboxylic acids is 2. The highest BCUT2D eigenvalue weighted by molar-refractivity contribution is 6.05. The van der Waals surface area contributed by atoms with Crippen LogP contribution in [-0.4, -0.2) is 29.7 Å². The third kappa shape index (κ3) is 4.66. The first-order valence-corrected chi connectivity index (χ1v) is 8.87. The molecule has 0 N–H and O–H groups in total. The van der Waals surface area contributed by atoms with Gasteiger partial charge >= 0.3 is 0 Å². The molecule has 128 valence electrons. The average molecular weight is 333 g/mol. The first-order valence-electron chi connectivity index (χ1n) is 8.87. The molecule has 3 heteroatoms. The van der Waals surface area contributed by atoms with Crippen LogP contribution in [0.15, 0.2) is 66.7 Å². The number of carbonyl (C=O) groups is 2. The highest BCUT2D eigenvalue weighted by atomic mass is 16.2. The molecule has 2 aromatic rings. The van der Waals surface area contributed by atoms with E-state index in [4.69, 9.17) is 0 Å². The fourth-order valence-electron chi connectivity index (χ4n) is 3.14. The summed E-state index contributed by atoms with van der Waals surface area (Å²) in [6.45, 7) is 1.62. The quantitative estimate of drug-likeness (QED) is 0.602. The highest BCUT2D eigenvalue weighted by Crippen LogP contribution is 2.22. The summed E-state index contributed by atoms with van der Waals surface area (Å²) in [5.74, 6) is 0.0431. The Labute approximate surface area is 149 Å². The molecule has 0 unspecified atom stereocenters. The van der Waals surface area contributed by atoms with E-state index in [9.17, 15) is 9.59 Å². The van der Waals surface area contributed by atoms with Crippen molar-refractivity contribution in [1.29, 1.82) is 0 Å². The number of hydrogen-bond acceptors (Lipinski definition) is 2. The SMILES string of the molecule is O=C(C/C(=C\C(=O)N1CCCCC1)c1ccccc1)c1ccccc1. The molecule has 1 aliphatic rings. The number of amides is 1. The van der Waals surface area contributed by atoms with Gasteiger partial charge in [-0.3, -0.25) is 9.59 Å². The van der Waals surface area contributed by atoms with Crippen molar-refractivity contribution in [1.82, 2.24) is 4.90 Å². The van der Waals surface area contributed by atoms with Gasteiger partial charge in [-0.1, -0.05) is 60.7 Å². The standard InChI is InChI=1S/C22H23NO2/c24-21(19-12-6-2-7-13-19)16-20(18-10-4-1-5-11-18)17-22(25)23-14-8-3-9-15-23/h1-2,4-7,10-13,17H,3,8-9,14-16H2/b20-17+. The van der Waals surface area contributed by atoms with Crippen molar-refractivity contribution in [2.75, 3.05) is 13.1 Å². The Kier molecular flexibility index (Phi) is 5.78. The molecule has 3 rings (SSSR count). The van der Waals surface area contributed by atoms with Crippen LogP contribution < -0.4 is 0 Å². The Morgan fingerprint density at radius 2 is 1.36 bits per heavy atom. The fraction of sp³-hybridized carbons (Fsp3) is 0.273. The molecule has 1 heterocycles. The molecular weight excluding hydrogens is 310 g/mol. The second kappa shape index (κ2) is 8.43. The molecule has 3 nitrogen and oxygen atoms in total. The third-order valence-electron chi connectivity index (χ3n) is 4.56. The van der Waals surface area contributed by atoms with Crippen LogP contribution >= 0.6 is 0 Å². The van der Waals surface area contributed by atoms with Gasteiger partial charge < -0.3 is 4.90 Å². The van der Waals surface area contributed by atoms with E-state index >= 15 is 0 Å². The van der Waals surface area contributed by atoms with Gasteiger partial charge in [0, 0.05) is 31.1 Å². The third-order valence-corrected chi connectivity index (χ3v) is 4.56. The lowest BCUT2D eigenvalue weighted by Crippen LogP contribution is -2.34. The van der Waals surface area contributed by atoms with E-state index in [2.05, 4.69) is 0 Å². The molecule has 2 aromatic carbocycles. The molecule has 0 aliphatic carbocycles. The van der Waals surface area contributed by atoms with E-state index in [0.29, 0.717) is 5.56 Å². The van der Waals surface area contributed by atoms with Crippen molar-refractivity contribution in [3.05, 3.63) is 77.9 Å². The van der Waals surface area contributed by atoms with Gasteiger partial charge in [0.25, 0.3) is 0 Å². The van der Waals surface area contributed by atoms with Gasteiger partial charge in [-0.25, -0.2) is 0 Å². The summed E-state index contributed by atoms with van der Waals surface area (Å²) in [6.07, 6.45) is 5.19. The number of ketones is 1. The summed E-state index contributed by atoms with van der Waals surface area (Å²) in [5.41, 5.74) is 2.39. The maximum atomic E-state index is 12.6. The van der Waals surface area contributed by atoms with Gasteiger partial charge in [0.05, 0.1) is 0 Å². The van der Waals surface area contributed by atoms with Crippen molar-refractivity contribution in [3.63, 3.8) is 0 Å². The minimum atomic E-state index is 0.0133. The predicted molar refractivity (Wildman–Crippen MR) is 100 cm³/mol. The largest absolute Gasteiger partial charge is 0.339 e. The molecule has 1 amide bonds. The maximum absolute atomic E-state index is 12.6. The number of Topliss-reactive ketones (excluding diaryl/α,β-unsaturated/α-hetero) is 1. The normalized spacial score (nSPS) is 15.0. The lowest BCUT2D eigenvalue weighted by atomic mass is 9.96. The fourth-order valence-corrected chi connectivity index (χ4v) is 3.14. The van der Waals surface area contributed by atoms with Gasteiger partial charge in [0.15, 0.2) is 5.78 Å². The van der Waals surface area contributed by atoms with Gasteiger partial charge in [0.2, 0.25) is 5.91 Å². The summed E-state index contributed by atoms with van der Waals surface area (Å²) in [4.78, 5) is 27.1. The van der Waals surface area contributed by atoms with Crippen molar-refractivity contribution in [2.24, 2.45) is 0 Å². The smallest absolute Gasteiger partial charge is 0.246 e. The number of benzene rings is 2. The Morgan fingerprint density at radius 3 is 1.96 bits per heavy atom. The summed E-state index contributed by atoms with van der Waals surface area (Å²) in [7, 11) is 0. The number of nitrogens with zero attached hydrogens (tertiary/aromatic N) is 1. The van der Waals surface area contributed by atoms with Crippen molar-refractivity contribution in [2.45, 2.75) is 25.7 Å². The van der Waals surface area contributed by atoms with Crippen molar-refractivity contribution >= 4 is 17.3 Å². The highest BCUT2D eigenvalue weighted by Gasteiger charge is 2.17.